The number of hydrogen-bond acceptors (Lipinski definition) is 5. The lowest BCUT2D eigenvalue weighted by atomic mass is 9.58. The number of nitrogens with zero attached hydrogens (tertiary/aromatic N) is 1. The molecule has 1 aliphatic heterocycles. The van der Waals surface area contributed by atoms with Crippen molar-refractivity contribution >= 4 is 17.8 Å². The van der Waals surface area contributed by atoms with Crippen molar-refractivity contribution in [1.29, 1.82) is 0 Å². The van der Waals surface area contributed by atoms with E-state index in [1.54, 1.807) is 0 Å². The third-order valence-electron chi connectivity index (χ3n) is 7.23. The van der Waals surface area contributed by atoms with Crippen molar-refractivity contribution in [1.82, 2.24) is 4.90 Å². The monoisotopic (exact) mass is 453 g/mol. The maximum absolute atomic E-state index is 13.1. The van der Waals surface area contributed by atoms with Crippen LogP contribution >= 0.6 is 0 Å². The van der Waals surface area contributed by atoms with E-state index in [0.29, 0.717) is 13.0 Å². The first-order chi connectivity index (χ1) is 14.2. The molecule has 6 heteroatoms. The summed E-state index contributed by atoms with van der Waals surface area (Å²) in [6.07, 6.45) is 1.07. The number of likely N-dealkylation sites (tertiary alicyclic amines) is 1. The summed E-state index contributed by atoms with van der Waals surface area (Å²) in [7, 11) is 0. The number of rotatable bonds is 8. The van der Waals surface area contributed by atoms with Crippen LogP contribution in [-0.4, -0.2) is 47.5 Å². The number of amides is 1. The number of carbonyl (C=O) groups excluding carboxylic acids is 3. The van der Waals surface area contributed by atoms with Gasteiger partial charge in [-0.05, 0) is 29.1 Å². The molecule has 0 radical (unpaired) electrons. The summed E-state index contributed by atoms with van der Waals surface area (Å²) in [4.78, 5) is 38.4. The Labute approximate surface area is 195 Å². The summed E-state index contributed by atoms with van der Waals surface area (Å²) in [5.74, 6) is -0.806. The molecule has 186 valence electrons. The van der Waals surface area contributed by atoms with Crippen molar-refractivity contribution in [2.45, 2.75) is 121 Å². The smallest absolute Gasteiger partial charge is 0.303 e. The van der Waals surface area contributed by atoms with Crippen LogP contribution in [0, 0.1) is 21.7 Å². The second-order valence-corrected chi connectivity index (χ2v) is 13.0. The van der Waals surface area contributed by atoms with Crippen LogP contribution in [0.25, 0.3) is 0 Å². The van der Waals surface area contributed by atoms with Crippen molar-refractivity contribution in [3.63, 3.8) is 0 Å². The summed E-state index contributed by atoms with van der Waals surface area (Å²) in [5.41, 5.74) is -0.766. The molecule has 0 bridgehead atoms. The highest BCUT2D eigenvalue weighted by Crippen LogP contribution is 2.51. The Bertz CT molecular complexity index is 696. The molecule has 3 unspecified atom stereocenters. The summed E-state index contributed by atoms with van der Waals surface area (Å²) < 4.78 is 11.1. The van der Waals surface area contributed by atoms with E-state index in [4.69, 9.17) is 9.47 Å². The van der Waals surface area contributed by atoms with Gasteiger partial charge in [-0.2, -0.15) is 0 Å². The Morgan fingerprint density at radius 3 is 1.88 bits per heavy atom. The zero-order chi connectivity index (χ0) is 25.3. The lowest BCUT2D eigenvalue weighted by Crippen LogP contribution is -2.53. The molecule has 0 aliphatic carbocycles. The molecule has 0 aromatic carbocycles. The molecule has 3 atom stereocenters. The quantitative estimate of drug-likeness (QED) is 0.462. The second kappa shape index (κ2) is 9.72. The van der Waals surface area contributed by atoms with Gasteiger partial charge in [0.1, 0.15) is 6.10 Å². The van der Waals surface area contributed by atoms with E-state index in [9.17, 15) is 14.4 Å². The normalized spacial score (nSPS) is 20.2. The van der Waals surface area contributed by atoms with Gasteiger partial charge in [-0.3, -0.25) is 14.4 Å². The molecule has 6 nitrogen and oxygen atoms in total. The van der Waals surface area contributed by atoms with Crippen LogP contribution in [0.5, 0.6) is 0 Å². The molecule has 1 saturated heterocycles. The fourth-order valence-corrected chi connectivity index (χ4v) is 4.56. The van der Waals surface area contributed by atoms with E-state index in [1.807, 2.05) is 4.90 Å². The first-order valence-electron chi connectivity index (χ1n) is 11.8. The first-order valence-corrected chi connectivity index (χ1v) is 11.8. The molecule has 0 spiro atoms. The Balaban J connectivity index is 3.26. The van der Waals surface area contributed by atoms with Gasteiger partial charge in [0, 0.05) is 38.3 Å². The van der Waals surface area contributed by atoms with Crippen molar-refractivity contribution in [3.05, 3.63) is 0 Å². The van der Waals surface area contributed by atoms with Gasteiger partial charge >= 0.3 is 11.9 Å². The Morgan fingerprint density at radius 1 is 0.938 bits per heavy atom. The first kappa shape index (κ1) is 28.4. The second-order valence-electron chi connectivity index (χ2n) is 13.0. The Kier molecular flexibility index (Phi) is 8.64. The molecular weight excluding hydrogens is 406 g/mol. The summed E-state index contributed by atoms with van der Waals surface area (Å²) in [5, 5.41) is 0. The van der Waals surface area contributed by atoms with Gasteiger partial charge in [0.2, 0.25) is 0 Å². The highest BCUT2D eigenvalue weighted by molar-refractivity contribution is 5.85. The van der Waals surface area contributed by atoms with Crippen LogP contribution in [0.15, 0.2) is 0 Å². The van der Waals surface area contributed by atoms with Crippen LogP contribution < -0.4 is 0 Å². The third kappa shape index (κ3) is 7.21. The fraction of sp³-hybridized carbons (Fsp3) is 0.885. The average Bonchev–Trinajstić information content (AvgIpc) is 2.89. The molecule has 1 fully saturated rings. The Hall–Kier alpha value is -1.59. The number of ether oxygens (including phenoxy) is 2. The van der Waals surface area contributed by atoms with Gasteiger partial charge in [0.05, 0.1) is 0 Å². The van der Waals surface area contributed by atoms with Crippen LogP contribution in [-0.2, 0) is 23.9 Å². The molecule has 1 rings (SSSR count). The van der Waals surface area contributed by atoms with Crippen molar-refractivity contribution in [2.75, 3.05) is 6.54 Å². The zero-order valence-electron chi connectivity index (χ0n) is 22.5. The minimum Gasteiger partial charge on any atom is -0.462 e. The molecule has 0 saturated carbocycles. The Morgan fingerprint density at radius 2 is 1.47 bits per heavy atom. The predicted molar refractivity (Wildman–Crippen MR) is 127 cm³/mol. The van der Waals surface area contributed by atoms with E-state index in [0.717, 1.165) is 12.8 Å². The van der Waals surface area contributed by atoms with Crippen LogP contribution in [0.4, 0.5) is 0 Å². The van der Waals surface area contributed by atoms with Gasteiger partial charge in [-0.15, -0.1) is 0 Å². The SMILES string of the molecule is CC(=O)OC1CCN(C(CC(C)(C)C(C)(C)C(CC(C)(C)C)OC(C)=O)C(C)(C)C)C1=O. The molecule has 0 aromatic heterocycles. The van der Waals surface area contributed by atoms with Gasteiger partial charge in [-0.1, -0.05) is 69.2 Å². The lowest BCUT2D eigenvalue weighted by Gasteiger charge is -2.51. The van der Waals surface area contributed by atoms with Crippen molar-refractivity contribution < 1.29 is 23.9 Å². The average molecular weight is 454 g/mol. The zero-order valence-corrected chi connectivity index (χ0v) is 22.5. The number of esters is 2. The molecule has 1 aliphatic rings. The predicted octanol–water partition coefficient (Wildman–Crippen LogP) is 5.38. The van der Waals surface area contributed by atoms with Gasteiger partial charge in [0.15, 0.2) is 6.10 Å². The molecular formula is C26H47NO5. The van der Waals surface area contributed by atoms with E-state index >= 15 is 0 Å². The largest absolute Gasteiger partial charge is 0.462 e. The molecule has 32 heavy (non-hydrogen) atoms. The van der Waals surface area contributed by atoms with Crippen molar-refractivity contribution in [2.24, 2.45) is 21.7 Å². The summed E-state index contributed by atoms with van der Waals surface area (Å²) in [6.45, 7) is 25.0. The highest BCUT2D eigenvalue weighted by Gasteiger charge is 2.50. The highest BCUT2D eigenvalue weighted by atomic mass is 16.5. The van der Waals surface area contributed by atoms with Crippen LogP contribution in [0.1, 0.15) is 102 Å². The topological polar surface area (TPSA) is 72.9 Å². The van der Waals surface area contributed by atoms with E-state index < -0.39 is 12.1 Å². The number of hydrogen-bond donors (Lipinski definition) is 0. The standard InChI is InChI=1S/C26H47NO5/c1-17(28)31-19-13-14-27(22(19)30)20(24(6,7)8)15-25(9,10)26(11,12)21(32-18(2)29)16-23(3,4)5/h19-21H,13-16H2,1-12H3. The lowest BCUT2D eigenvalue weighted by molar-refractivity contribution is -0.164. The minimum absolute atomic E-state index is 0.000929. The summed E-state index contributed by atoms with van der Waals surface area (Å²) >= 11 is 0. The van der Waals surface area contributed by atoms with Gasteiger partial charge in [-0.25, -0.2) is 0 Å². The van der Waals surface area contributed by atoms with Gasteiger partial charge in [0.25, 0.3) is 5.91 Å². The molecule has 1 heterocycles. The maximum Gasteiger partial charge on any atom is 0.303 e. The van der Waals surface area contributed by atoms with E-state index in [2.05, 4.69) is 69.2 Å². The van der Waals surface area contributed by atoms with Gasteiger partial charge < -0.3 is 14.4 Å². The fourth-order valence-electron chi connectivity index (χ4n) is 4.56. The van der Waals surface area contributed by atoms with E-state index in [-0.39, 0.29) is 45.7 Å². The third-order valence-corrected chi connectivity index (χ3v) is 7.23. The van der Waals surface area contributed by atoms with Crippen LogP contribution in [0.2, 0.25) is 0 Å². The van der Waals surface area contributed by atoms with Crippen molar-refractivity contribution in [3.8, 4) is 0 Å². The van der Waals surface area contributed by atoms with E-state index in [1.165, 1.54) is 13.8 Å². The number of carbonyl (C=O) groups is 3. The summed E-state index contributed by atoms with van der Waals surface area (Å²) in [6, 6.07) is -0.0440. The maximum atomic E-state index is 13.1. The van der Waals surface area contributed by atoms with Crippen LogP contribution in [0.3, 0.4) is 0 Å². The molecule has 0 aromatic rings. The minimum atomic E-state index is -0.692. The molecule has 1 amide bonds. The molecule has 0 N–H and O–H groups in total.